The molecule has 0 atom stereocenters. The maximum Gasteiger partial charge on any atom is 0.313 e. The van der Waals surface area contributed by atoms with Gasteiger partial charge in [-0.1, -0.05) is 0 Å². The van der Waals surface area contributed by atoms with Gasteiger partial charge < -0.3 is 14.7 Å². The van der Waals surface area contributed by atoms with Crippen molar-refractivity contribution in [3.05, 3.63) is 0 Å². The van der Waals surface area contributed by atoms with Crippen molar-refractivity contribution in [2.45, 2.75) is 19.4 Å². The topological polar surface area (TPSA) is 66.8 Å². The summed E-state index contributed by atoms with van der Waals surface area (Å²) in [6.45, 7) is 5.59. The van der Waals surface area contributed by atoms with Gasteiger partial charge in [-0.3, -0.25) is 9.59 Å². The summed E-state index contributed by atoms with van der Waals surface area (Å²) in [4.78, 5) is 23.8. The molecule has 0 unspecified atom stereocenters. The van der Waals surface area contributed by atoms with E-state index in [1.165, 1.54) is 0 Å². The molecule has 0 aromatic rings. The normalized spacial score (nSPS) is 19.5. The smallest absolute Gasteiger partial charge is 0.313 e. The highest BCUT2D eigenvalue weighted by Gasteiger charge is 2.29. The van der Waals surface area contributed by atoms with Crippen molar-refractivity contribution in [1.82, 2.24) is 4.90 Å². The summed E-state index contributed by atoms with van der Waals surface area (Å²) >= 11 is 1.13. The van der Waals surface area contributed by atoms with Gasteiger partial charge in [0.05, 0.1) is 23.7 Å². The van der Waals surface area contributed by atoms with E-state index in [0.717, 1.165) is 11.8 Å². The van der Waals surface area contributed by atoms with Gasteiger partial charge in [-0.2, -0.15) is 0 Å². The van der Waals surface area contributed by atoms with Crippen molar-refractivity contribution < 1.29 is 19.4 Å². The summed E-state index contributed by atoms with van der Waals surface area (Å²) in [6.07, 6.45) is 0. The molecule has 1 fully saturated rings. The van der Waals surface area contributed by atoms with Crippen LogP contribution in [0.4, 0.5) is 0 Å². The lowest BCUT2D eigenvalue weighted by molar-refractivity contribution is -0.143. The zero-order valence-electron chi connectivity index (χ0n) is 9.56. The fourth-order valence-corrected chi connectivity index (χ4v) is 2.18. The van der Waals surface area contributed by atoms with Crippen LogP contribution in [0.25, 0.3) is 0 Å². The minimum atomic E-state index is -0.889. The van der Waals surface area contributed by atoms with Crippen molar-refractivity contribution in [1.29, 1.82) is 0 Å². The van der Waals surface area contributed by atoms with E-state index >= 15 is 0 Å². The fraction of sp³-hybridized carbons (Fsp3) is 0.800. The van der Waals surface area contributed by atoms with E-state index in [0.29, 0.717) is 19.7 Å². The number of rotatable bonds is 4. The number of carbonyl (C=O) groups is 2. The quantitative estimate of drug-likeness (QED) is 0.781. The SMILES string of the molecule is CC1(C)CN(C(=O)CSCC(=O)O)CCO1. The second-order valence-electron chi connectivity index (χ2n) is 4.31. The van der Waals surface area contributed by atoms with Gasteiger partial charge in [0.2, 0.25) is 5.91 Å². The third-order valence-corrected chi connectivity index (χ3v) is 3.13. The molecule has 1 aliphatic heterocycles. The fourth-order valence-electron chi connectivity index (χ4n) is 1.55. The molecule has 0 aromatic heterocycles. The van der Waals surface area contributed by atoms with Crippen molar-refractivity contribution >= 4 is 23.6 Å². The minimum absolute atomic E-state index is 0.0115. The van der Waals surface area contributed by atoms with Crippen LogP contribution < -0.4 is 0 Å². The molecule has 1 N–H and O–H groups in total. The van der Waals surface area contributed by atoms with Gasteiger partial charge in [0, 0.05) is 13.1 Å². The van der Waals surface area contributed by atoms with E-state index in [1.54, 1.807) is 4.90 Å². The van der Waals surface area contributed by atoms with Gasteiger partial charge in [-0.15, -0.1) is 11.8 Å². The first kappa shape index (κ1) is 13.3. The standard InChI is InChI=1S/C10H17NO4S/c1-10(2)7-11(3-4-15-10)8(12)5-16-6-9(13)14/h3-7H2,1-2H3,(H,13,14). The highest BCUT2D eigenvalue weighted by atomic mass is 32.2. The number of thioether (sulfide) groups is 1. The van der Waals surface area contributed by atoms with Crippen LogP contribution in [0, 0.1) is 0 Å². The zero-order chi connectivity index (χ0) is 12.2. The number of carbonyl (C=O) groups excluding carboxylic acids is 1. The Morgan fingerprint density at radius 3 is 2.69 bits per heavy atom. The summed E-state index contributed by atoms with van der Waals surface area (Å²) in [5.74, 6) is -0.704. The molecule has 1 rings (SSSR count). The number of nitrogens with zero attached hydrogens (tertiary/aromatic N) is 1. The lowest BCUT2D eigenvalue weighted by atomic mass is 10.1. The lowest BCUT2D eigenvalue weighted by Crippen LogP contribution is -2.51. The van der Waals surface area contributed by atoms with Crippen LogP contribution in [0.15, 0.2) is 0 Å². The van der Waals surface area contributed by atoms with Crippen LogP contribution in [0.3, 0.4) is 0 Å². The summed E-state index contributed by atoms with van der Waals surface area (Å²) < 4.78 is 5.49. The maximum atomic E-state index is 11.7. The van der Waals surface area contributed by atoms with Crippen LogP contribution in [0.2, 0.25) is 0 Å². The first-order valence-electron chi connectivity index (χ1n) is 5.12. The summed E-state index contributed by atoms with van der Waals surface area (Å²) in [5, 5.41) is 8.45. The summed E-state index contributed by atoms with van der Waals surface area (Å²) in [5.41, 5.74) is -0.300. The highest BCUT2D eigenvalue weighted by Crippen LogP contribution is 2.17. The van der Waals surface area contributed by atoms with E-state index in [1.807, 2.05) is 13.8 Å². The molecule has 0 spiro atoms. The molecular weight excluding hydrogens is 230 g/mol. The third kappa shape index (κ3) is 4.40. The molecule has 1 amide bonds. The third-order valence-electron chi connectivity index (χ3n) is 2.23. The molecule has 1 saturated heterocycles. The van der Waals surface area contributed by atoms with Crippen molar-refractivity contribution in [2.24, 2.45) is 0 Å². The van der Waals surface area contributed by atoms with Gasteiger partial charge in [0.1, 0.15) is 0 Å². The average Bonchev–Trinajstić information content (AvgIpc) is 2.15. The second-order valence-corrected chi connectivity index (χ2v) is 5.30. The first-order chi connectivity index (χ1) is 7.41. The molecule has 1 aliphatic rings. The number of carboxylic acid groups (broad SMARTS) is 1. The predicted octanol–water partition coefficient (Wildman–Crippen LogP) is 0.442. The number of hydrogen-bond donors (Lipinski definition) is 1. The van der Waals surface area contributed by atoms with Gasteiger partial charge >= 0.3 is 5.97 Å². The molecule has 0 aromatic carbocycles. The number of carboxylic acids is 1. The van der Waals surface area contributed by atoms with Crippen LogP contribution in [-0.2, 0) is 14.3 Å². The second kappa shape index (κ2) is 5.54. The minimum Gasteiger partial charge on any atom is -0.481 e. The molecule has 16 heavy (non-hydrogen) atoms. The Hall–Kier alpha value is -0.750. The number of amides is 1. The Kier molecular flexibility index (Phi) is 4.61. The Bertz CT molecular complexity index is 280. The molecule has 1 heterocycles. The number of morpholine rings is 1. The molecule has 6 heteroatoms. The van der Waals surface area contributed by atoms with Gasteiger partial charge in [0.15, 0.2) is 0 Å². The van der Waals surface area contributed by atoms with Crippen molar-refractivity contribution in [2.75, 3.05) is 31.2 Å². The van der Waals surface area contributed by atoms with Gasteiger partial charge in [-0.25, -0.2) is 0 Å². The number of aliphatic carboxylic acids is 1. The summed E-state index contributed by atoms with van der Waals surface area (Å²) in [7, 11) is 0. The van der Waals surface area contributed by atoms with Gasteiger partial charge in [0.25, 0.3) is 0 Å². The van der Waals surface area contributed by atoms with E-state index in [2.05, 4.69) is 0 Å². The monoisotopic (exact) mass is 247 g/mol. The predicted molar refractivity (Wildman–Crippen MR) is 61.6 cm³/mol. The van der Waals surface area contributed by atoms with Crippen LogP contribution >= 0.6 is 11.8 Å². The highest BCUT2D eigenvalue weighted by molar-refractivity contribution is 8.00. The van der Waals surface area contributed by atoms with E-state index in [9.17, 15) is 9.59 Å². The Morgan fingerprint density at radius 2 is 2.12 bits per heavy atom. The molecule has 92 valence electrons. The van der Waals surface area contributed by atoms with Crippen LogP contribution in [0.1, 0.15) is 13.8 Å². The van der Waals surface area contributed by atoms with Gasteiger partial charge in [-0.05, 0) is 13.8 Å². The van der Waals surface area contributed by atoms with E-state index < -0.39 is 5.97 Å². The first-order valence-corrected chi connectivity index (χ1v) is 6.27. The maximum absolute atomic E-state index is 11.7. The zero-order valence-corrected chi connectivity index (χ0v) is 10.4. The number of hydrogen-bond acceptors (Lipinski definition) is 4. The van der Waals surface area contributed by atoms with Crippen LogP contribution in [0.5, 0.6) is 0 Å². The molecule has 0 saturated carbocycles. The molecule has 5 nitrogen and oxygen atoms in total. The van der Waals surface area contributed by atoms with E-state index in [-0.39, 0.29) is 23.0 Å². The van der Waals surface area contributed by atoms with E-state index in [4.69, 9.17) is 9.84 Å². The molecule has 0 radical (unpaired) electrons. The van der Waals surface area contributed by atoms with Crippen LogP contribution in [-0.4, -0.2) is 58.7 Å². The lowest BCUT2D eigenvalue weighted by Gasteiger charge is -2.38. The molecule has 0 aliphatic carbocycles. The van der Waals surface area contributed by atoms with Crippen molar-refractivity contribution in [3.63, 3.8) is 0 Å². The molecule has 0 bridgehead atoms. The molecular formula is C10H17NO4S. The van der Waals surface area contributed by atoms with Crippen molar-refractivity contribution in [3.8, 4) is 0 Å². The Labute approximate surface area is 99.1 Å². The number of ether oxygens (including phenoxy) is 1. The largest absolute Gasteiger partial charge is 0.481 e. The Balaban J connectivity index is 2.33. The average molecular weight is 247 g/mol. The Morgan fingerprint density at radius 1 is 1.44 bits per heavy atom. The summed E-state index contributed by atoms with van der Waals surface area (Å²) in [6, 6.07) is 0.